The van der Waals surface area contributed by atoms with Gasteiger partial charge >= 0.3 is 0 Å². The molecule has 126 valence electrons. The molecule has 0 bridgehead atoms. The van der Waals surface area contributed by atoms with Crippen LogP contribution < -0.4 is 0 Å². The minimum absolute atomic E-state index is 0.112. The molecule has 1 amide bonds. The fourth-order valence-corrected chi connectivity index (χ4v) is 4.43. The molecule has 0 radical (unpaired) electrons. The van der Waals surface area contributed by atoms with Crippen molar-refractivity contribution in [2.45, 2.75) is 26.2 Å². The van der Waals surface area contributed by atoms with E-state index in [9.17, 15) is 4.79 Å². The standard InChI is InChI=1S/C18H23N5O/c1-12-19-7-5-15(21-12)9-13-3-4-14-10-23(11-16(13)14)18(24)17-6-8-20-22(17)2/h5-8,13-14,16H,3-4,9-11H2,1-2H3/t13-,14-,16-/m1/s1. The number of amides is 1. The summed E-state index contributed by atoms with van der Waals surface area (Å²) in [5, 5.41) is 4.12. The largest absolute Gasteiger partial charge is 0.337 e. The number of aryl methyl sites for hydroxylation is 2. The zero-order chi connectivity index (χ0) is 16.7. The highest BCUT2D eigenvalue weighted by Crippen LogP contribution is 2.43. The van der Waals surface area contributed by atoms with Gasteiger partial charge in [0.05, 0.1) is 0 Å². The lowest BCUT2D eigenvalue weighted by atomic mass is 9.89. The molecule has 6 nitrogen and oxygen atoms in total. The van der Waals surface area contributed by atoms with E-state index in [1.54, 1.807) is 16.9 Å². The Morgan fingerprint density at radius 3 is 2.88 bits per heavy atom. The molecule has 2 aromatic heterocycles. The van der Waals surface area contributed by atoms with Crippen molar-refractivity contribution in [1.82, 2.24) is 24.6 Å². The first-order valence-electron chi connectivity index (χ1n) is 8.67. The van der Waals surface area contributed by atoms with Crippen molar-refractivity contribution in [2.24, 2.45) is 24.8 Å². The number of hydrogen-bond donors (Lipinski definition) is 0. The zero-order valence-corrected chi connectivity index (χ0v) is 14.2. The maximum absolute atomic E-state index is 12.7. The molecule has 0 N–H and O–H groups in total. The lowest BCUT2D eigenvalue weighted by molar-refractivity contribution is 0.0765. The van der Waals surface area contributed by atoms with Crippen LogP contribution in [0.2, 0.25) is 0 Å². The quantitative estimate of drug-likeness (QED) is 0.864. The average molecular weight is 325 g/mol. The van der Waals surface area contributed by atoms with E-state index >= 15 is 0 Å². The smallest absolute Gasteiger partial charge is 0.272 e. The number of fused-ring (bicyclic) bond motifs is 1. The van der Waals surface area contributed by atoms with Crippen molar-refractivity contribution < 1.29 is 4.79 Å². The van der Waals surface area contributed by atoms with Crippen LogP contribution >= 0.6 is 0 Å². The topological polar surface area (TPSA) is 63.9 Å². The minimum atomic E-state index is 0.112. The van der Waals surface area contributed by atoms with E-state index in [4.69, 9.17) is 0 Å². The Hall–Kier alpha value is -2.24. The predicted molar refractivity (Wildman–Crippen MR) is 89.3 cm³/mol. The number of carbonyl (C=O) groups is 1. The molecule has 1 saturated carbocycles. The van der Waals surface area contributed by atoms with E-state index in [0.29, 0.717) is 23.4 Å². The van der Waals surface area contributed by atoms with E-state index in [0.717, 1.165) is 31.0 Å². The van der Waals surface area contributed by atoms with Gasteiger partial charge in [0.1, 0.15) is 11.5 Å². The van der Waals surface area contributed by atoms with Gasteiger partial charge in [-0.25, -0.2) is 9.97 Å². The van der Waals surface area contributed by atoms with Gasteiger partial charge in [0.15, 0.2) is 0 Å². The van der Waals surface area contributed by atoms with Gasteiger partial charge in [-0.2, -0.15) is 5.10 Å². The highest BCUT2D eigenvalue weighted by atomic mass is 16.2. The Bertz CT molecular complexity index is 755. The summed E-state index contributed by atoms with van der Waals surface area (Å²) in [5.74, 6) is 2.80. The SMILES string of the molecule is Cc1nccc(C[C@H]2CC[C@@H]3CN(C(=O)c4ccnn4C)C[C@H]23)n1. The molecule has 1 aliphatic heterocycles. The molecule has 2 aromatic rings. The summed E-state index contributed by atoms with van der Waals surface area (Å²) in [6.07, 6.45) is 6.99. The highest BCUT2D eigenvalue weighted by molar-refractivity contribution is 5.92. The third-order valence-electron chi connectivity index (χ3n) is 5.64. The first-order valence-corrected chi connectivity index (χ1v) is 8.67. The third-order valence-corrected chi connectivity index (χ3v) is 5.64. The van der Waals surface area contributed by atoms with Gasteiger partial charge in [-0.3, -0.25) is 9.48 Å². The average Bonchev–Trinajstić information content (AvgIpc) is 3.24. The van der Waals surface area contributed by atoms with Gasteiger partial charge in [-0.15, -0.1) is 0 Å². The fourth-order valence-electron chi connectivity index (χ4n) is 4.43. The highest BCUT2D eigenvalue weighted by Gasteiger charge is 2.44. The van der Waals surface area contributed by atoms with Crippen molar-refractivity contribution in [3.05, 3.63) is 41.7 Å². The van der Waals surface area contributed by atoms with Crippen LogP contribution in [0.15, 0.2) is 24.5 Å². The van der Waals surface area contributed by atoms with E-state index in [-0.39, 0.29) is 5.91 Å². The molecule has 6 heteroatoms. The summed E-state index contributed by atoms with van der Waals surface area (Å²) in [5.41, 5.74) is 1.81. The number of rotatable bonds is 3. The molecule has 0 spiro atoms. The molecule has 1 saturated heterocycles. The molecule has 3 heterocycles. The minimum Gasteiger partial charge on any atom is -0.337 e. The van der Waals surface area contributed by atoms with Crippen LogP contribution in [-0.2, 0) is 13.5 Å². The zero-order valence-electron chi connectivity index (χ0n) is 14.2. The fraction of sp³-hybridized carbons (Fsp3) is 0.556. The normalized spacial score (nSPS) is 25.9. The van der Waals surface area contributed by atoms with Crippen molar-refractivity contribution in [3.8, 4) is 0 Å². The second-order valence-corrected chi connectivity index (χ2v) is 7.11. The Balaban J connectivity index is 1.45. The molecule has 2 fully saturated rings. The summed E-state index contributed by atoms with van der Waals surface area (Å²) < 4.78 is 1.66. The second kappa shape index (κ2) is 6.00. The van der Waals surface area contributed by atoms with Crippen molar-refractivity contribution in [3.63, 3.8) is 0 Å². The number of likely N-dealkylation sites (tertiary alicyclic amines) is 1. The predicted octanol–water partition coefficient (Wildman–Crippen LogP) is 1.86. The van der Waals surface area contributed by atoms with Gasteiger partial charge in [0, 0.05) is 38.2 Å². The Kier molecular flexibility index (Phi) is 3.82. The Morgan fingerprint density at radius 1 is 1.25 bits per heavy atom. The molecule has 0 unspecified atom stereocenters. The number of carbonyl (C=O) groups excluding carboxylic acids is 1. The Morgan fingerprint density at radius 2 is 2.12 bits per heavy atom. The molecule has 1 aliphatic carbocycles. The molecule has 4 rings (SSSR count). The van der Waals surface area contributed by atoms with Gasteiger partial charge in [-0.1, -0.05) is 0 Å². The summed E-state index contributed by atoms with van der Waals surface area (Å²) >= 11 is 0. The lowest BCUT2D eigenvalue weighted by Crippen LogP contribution is -2.32. The molecule has 24 heavy (non-hydrogen) atoms. The maximum atomic E-state index is 12.7. The number of aromatic nitrogens is 4. The second-order valence-electron chi connectivity index (χ2n) is 7.11. The molecule has 3 atom stereocenters. The summed E-state index contributed by atoms with van der Waals surface area (Å²) in [6.45, 7) is 3.68. The molecular weight excluding hydrogens is 302 g/mol. The van der Waals surface area contributed by atoms with E-state index < -0.39 is 0 Å². The first kappa shape index (κ1) is 15.3. The van der Waals surface area contributed by atoms with E-state index in [2.05, 4.69) is 15.1 Å². The summed E-state index contributed by atoms with van der Waals surface area (Å²) in [4.78, 5) is 23.5. The third kappa shape index (κ3) is 2.70. The maximum Gasteiger partial charge on any atom is 0.272 e. The monoisotopic (exact) mass is 325 g/mol. The van der Waals surface area contributed by atoms with Crippen LogP contribution in [0.3, 0.4) is 0 Å². The van der Waals surface area contributed by atoms with Gasteiger partial charge in [0.25, 0.3) is 5.91 Å². The Labute approximate surface area is 141 Å². The molecular formula is C18H23N5O. The van der Waals surface area contributed by atoms with Crippen LogP contribution in [0.5, 0.6) is 0 Å². The van der Waals surface area contributed by atoms with Gasteiger partial charge < -0.3 is 4.90 Å². The van der Waals surface area contributed by atoms with Crippen LogP contribution in [0, 0.1) is 24.7 Å². The van der Waals surface area contributed by atoms with Crippen molar-refractivity contribution >= 4 is 5.91 Å². The number of hydrogen-bond acceptors (Lipinski definition) is 4. The first-order chi connectivity index (χ1) is 11.6. The van der Waals surface area contributed by atoms with Crippen LogP contribution in [0.25, 0.3) is 0 Å². The molecule has 2 aliphatic rings. The molecule has 0 aromatic carbocycles. The van der Waals surface area contributed by atoms with E-state index in [1.807, 2.05) is 31.1 Å². The van der Waals surface area contributed by atoms with Gasteiger partial charge in [0.2, 0.25) is 0 Å². The lowest BCUT2D eigenvalue weighted by Gasteiger charge is -2.20. The van der Waals surface area contributed by atoms with E-state index in [1.165, 1.54) is 12.8 Å². The summed E-state index contributed by atoms with van der Waals surface area (Å²) in [7, 11) is 1.82. The van der Waals surface area contributed by atoms with Crippen molar-refractivity contribution in [2.75, 3.05) is 13.1 Å². The van der Waals surface area contributed by atoms with Gasteiger partial charge in [-0.05, 0) is 56.1 Å². The van der Waals surface area contributed by atoms with Crippen LogP contribution in [0.4, 0.5) is 0 Å². The summed E-state index contributed by atoms with van der Waals surface area (Å²) in [6, 6.07) is 3.82. The van der Waals surface area contributed by atoms with Crippen molar-refractivity contribution in [1.29, 1.82) is 0 Å². The number of nitrogens with zero attached hydrogens (tertiary/aromatic N) is 5. The van der Waals surface area contributed by atoms with Crippen LogP contribution in [-0.4, -0.2) is 43.6 Å². The van der Waals surface area contributed by atoms with Crippen LogP contribution in [0.1, 0.15) is 34.8 Å².